The van der Waals surface area contributed by atoms with E-state index >= 15 is 0 Å². The van der Waals surface area contributed by atoms with Gasteiger partial charge in [-0.2, -0.15) is 13.2 Å². The van der Waals surface area contributed by atoms with Gasteiger partial charge in [0, 0.05) is 6.54 Å². The molecule has 0 aliphatic rings. The minimum atomic E-state index is -4.39. The Kier molecular flexibility index (Phi) is 6.55. The third-order valence-electron chi connectivity index (χ3n) is 1.77. The number of carboxylic acids is 1. The van der Waals surface area contributed by atoms with E-state index in [9.17, 15) is 22.8 Å². The van der Waals surface area contributed by atoms with Gasteiger partial charge in [0.15, 0.2) is 0 Å². The Bertz CT molecular complexity index is 269. The number of alkyl halides is 3. The molecule has 0 saturated carbocycles. The number of aliphatic carboxylic acids is 1. The normalized spacial score (nSPS) is 11.3. The largest absolute Gasteiger partial charge is 0.480 e. The Balaban J connectivity index is 4.10. The molecule has 17 heavy (non-hydrogen) atoms. The number of carboxylic acid groups (broad SMARTS) is 1. The first-order valence-corrected chi connectivity index (χ1v) is 5.03. The molecule has 0 aromatic rings. The SMILES string of the molecule is CCCN(CC(=O)O)C(=O)CNCC(F)(F)F. The summed E-state index contributed by atoms with van der Waals surface area (Å²) in [5, 5.41) is 10.4. The van der Waals surface area contributed by atoms with Crippen molar-refractivity contribution in [2.24, 2.45) is 0 Å². The number of nitrogens with zero attached hydrogens (tertiary/aromatic N) is 1. The highest BCUT2D eigenvalue weighted by Crippen LogP contribution is 2.11. The van der Waals surface area contributed by atoms with Gasteiger partial charge >= 0.3 is 12.1 Å². The molecule has 0 aromatic heterocycles. The molecule has 0 aliphatic heterocycles. The van der Waals surface area contributed by atoms with Crippen molar-refractivity contribution < 1.29 is 27.9 Å². The van der Waals surface area contributed by atoms with Crippen LogP contribution >= 0.6 is 0 Å². The smallest absolute Gasteiger partial charge is 0.401 e. The van der Waals surface area contributed by atoms with E-state index in [1.807, 2.05) is 5.32 Å². The van der Waals surface area contributed by atoms with E-state index in [1.165, 1.54) is 0 Å². The molecule has 0 bridgehead atoms. The third kappa shape index (κ3) is 8.49. The third-order valence-corrected chi connectivity index (χ3v) is 1.77. The van der Waals surface area contributed by atoms with Gasteiger partial charge in [0.05, 0.1) is 13.1 Å². The maximum Gasteiger partial charge on any atom is 0.401 e. The molecule has 1 amide bonds. The summed E-state index contributed by atoms with van der Waals surface area (Å²) in [5.41, 5.74) is 0. The molecular formula is C9H15F3N2O3. The topological polar surface area (TPSA) is 69.6 Å². The summed E-state index contributed by atoms with van der Waals surface area (Å²) < 4.78 is 35.4. The number of amides is 1. The molecule has 0 atom stereocenters. The molecule has 100 valence electrons. The highest BCUT2D eigenvalue weighted by atomic mass is 19.4. The summed E-state index contributed by atoms with van der Waals surface area (Å²) in [6.45, 7) is -0.344. The number of hydrogen-bond acceptors (Lipinski definition) is 3. The Labute approximate surface area is 96.6 Å². The fraction of sp³-hybridized carbons (Fsp3) is 0.778. The van der Waals surface area contributed by atoms with Crippen LogP contribution in [0.15, 0.2) is 0 Å². The zero-order chi connectivity index (χ0) is 13.5. The zero-order valence-electron chi connectivity index (χ0n) is 9.38. The van der Waals surface area contributed by atoms with E-state index in [4.69, 9.17) is 5.11 Å². The summed E-state index contributed by atoms with van der Waals surface area (Å²) in [7, 11) is 0. The van der Waals surface area contributed by atoms with Gasteiger partial charge < -0.3 is 15.3 Å². The Morgan fingerprint density at radius 3 is 2.35 bits per heavy atom. The molecule has 0 spiro atoms. The van der Waals surface area contributed by atoms with Crippen LogP contribution < -0.4 is 5.32 Å². The molecule has 8 heteroatoms. The van der Waals surface area contributed by atoms with Gasteiger partial charge in [-0.1, -0.05) is 6.92 Å². The number of hydrogen-bond donors (Lipinski definition) is 2. The lowest BCUT2D eigenvalue weighted by Crippen LogP contribution is -2.43. The quantitative estimate of drug-likeness (QED) is 0.694. The van der Waals surface area contributed by atoms with Crippen LogP contribution in [0.5, 0.6) is 0 Å². The maximum absolute atomic E-state index is 11.8. The number of rotatable bonds is 7. The molecule has 0 saturated heterocycles. The van der Waals surface area contributed by atoms with Crippen LogP contribution in [0.2, 0.25) is 0 Å². The van der Waals surface area contributed by atoms with Gasteiger partial charge in [0.1, 0.15) is 6.54 Å². The number of carbonyl (C=O) groups is 2. The number of nitrogens with one attached hydrogen (secondary N) is 1. The van der Waals surface area contributed by atoms with E-state index in [1.54, 1.807) is 6.92 Å². The fourth-order valence-corrected chi connectivity index (χ4v) is 1.15. The van der Waals surface area contributed by atoms with Crippen molar-refractivity contribution in [3.05, 3.63) is 0 Å². The van der Waals surface area contributed by atoms with Crippen LogP contribution in [0.3, 0.4) is 0 Å². The van der Waals surface area contributed by atoms with Gasteiger partial charge in [-0.3, -0.25) is 9.59 Å². The van der Waals surface area contributed by atoms with Crippen LogP contribution in [0, 0.1) is 0 Å². The molecule has 0 radical (unpaired) electrons. The zero-order valence-corrected chi connectivity index (χ0v) is 9.38. The molecular weight excluding hydrogens is 241 g/mol. The number of halogens is 3. The predicted octanol–water partition coefficient (Wildman–Crippen LogP) is 0.461. The van der Waals surface area contributed by atoms with Gasteiger partial charge in [0.25, 0.3) is 0 Å². The fourth-order valence-electron chi connectivity index (χ4n) is 1.15. The van der Waals surface area contributed by atoms with Gasteiger partial charge in [-0.05, 0) is 6.42 Å². The van der Waals surface area contributed by atoms with Gasteiger partial charge in [0.2, 0.25) is 5.91 Å². The molecule has 0 aromatic carbocycles. The monoisotopic (exact) mass is 256 g/mol. The summed E-state index contributed by atoms with van der Waals surface area (Å²) in [4.78, 5) is 22.8. The maximum atomic E-state index is 11.8. The minimum absolute atomic E-state index is 0.207. The highest BCUT2D eigenvalue weighted by molar-refractivity contribution is 5.82. The van der Waals surface area contributed by atoms with Gasteiger partial charge in [-0.25, -0.2) is 0 Å². The van der Waals surface area contributed by atoms with Crippen molar-refractivity contribution >= 4 is 11.9 Å². The Hall–Kier alpha value is -1.31. The average molecular weight is 256 g/mol. The molecule has 0 unspecified atom stereocenters. The standard InChI is InChI=1S/C9H15F3N2O3/c1-2-3-14(5-8(16)17)7(15)4-13-6-9(10,11)12/h13H,2-6H2,1H3,(H,16,17). The van der Waals surface area contributed by atoms with Gasteiger partial charge in [-0.15, -0.1) is 0 Å². The van der Waals surface area contributed by atoms with Crippen molar-refractivity contribution in [1.82, 2.24) is 10.2 Å². The number of carbonyl (C=O) groups excluding carboxylic acids is 1. The molecule has 2 N–H and O–H groups in total. The Morgan fingerprint density at radius 1 is 1.35 bits per heavy atom. The van der Waals surface area contributed by atoms with Crippen molar-refractivity contribution in [3.63, 3.8) is 0 Å². The molecule has 0 aliphatic carbocycles. The van der Waals surface area contributed by atoms with Crippen LogP contribution in [0.25, 0.3) is 0 Å². The predicted molar refractivity (Wildman–Crippen MR) is 53.4 cm³/mol. The lowest BCUT2D eigenvalue weighted by Gasteiger charge is -2.20. The van der Waals surface area contributed by atoms with Crippen molar-refractivity contribution in [1.29, 1.82) is 0 Å². The summed E-state index contributed by atoms with van der Waals surface area (Å²) in [6.07, 6.45) is -3.85. The molecule has 5 nitrogen and oxygen atoms in total. The van der Waals surface area contributed by atoms with E-state index in [2.05, 4.69) is 0 Å². The van der Waals surface area contributed by atoms with E-state index in [0.29, 0.717) is 6.42 Å². The van der Waals surface area contributed by atoms with Crippen molar-refractivity contribution in [3.8, 4) is 0 Å². The van der Waals surface area contributed by atoms with E-state index in [0.717, 1.165) is 4.90 Å². The lowest BCUT2D eigenvalue weighted by molar-refractivity contribution is -0.145. The Morgan fingerprint density at radius 2 is 1.94 bits per heavy atom. The summed E-state index contributed by atoms with van der Waals surface area (Å²) in [5.74, 6) is -1.85. The summed E-state index contributed by atoms with van der Waals surface area (Å²) >= 11 is 0. The summed E-state index contributed by atoms with van der Waals surface area (Å²) in [6, 6.07) is 0. The van der Waals surface area contributed by atoms with E-state index < -0.39 is 37.7 Å². The first-order chi connectivity index (χ1) is 7.76. The van der Waals surface area contributed by atoms with Crippen LogP contribution in [-0.4, -0.2) is 54.2 Å². The van der Waals surface area contributed by atoms with Crippen molar-refractivity contribution in [2.45, 2.75) is 19.5 Å². The second kappa shape index (κ2) is 7.10. The molecule has 0 heterocycles. The first-order valence-electron chi connectivity index (χ1n) is 5.03. The highest BCUT2D eigenvalue weighted by Gasteiger charge is 2.27. The van der Waals surface area contributed by atoms with Crippen LogP contribution in [-0.2, 0) is 9.59 Å². The van der Waals surface area contributed by atoms with E-state index in [-0.39, 0.29) is 6.54 Å². The molecule has 0 rings (SSSR count). The minimum Gasteiger partial charge on any atom is -0.480 e. The van der Waals surface area contributed by atoms with Crippen LogP contribution in [0.1, 0.15) is 13.3 Å². The lowest BCUT2D eigenvalue weighted by atomic mass is 10.3. The average Bonchev–Trinajstić information content (AvgIpc) is 2.14. The van der Waals surface area contributed by atoms with Crippen molar-refractivity contribution in [2.75, 3.05) is 26.2 Å². The second-order valence-electron chi connectivity index (χ2n) is 3.43. The second-order valence-corrected chi connectivity index (χ2v) is 3.43. The molecule has 0 fully saturated rings. The van der Waals surface area contributed by atoms with Crippen LogP contribution in [0.4, 0.5) is 13.2 Å². The first kappa shape index (κ1) is 15.7.